The molecule has 1 saturated carbocycles. The molecule has 12 heteroatoms. The Labute approximate surface area is 249 Å². The molecule has 0 bridgehead atoms. The number of alkyl halides is 3. The van der Waals surface area contributed by atoms with Crippen LogP contribution in [0.1, 0.15) is 68.1 Å². The Morgan fingerprint density at radius 1 is 1.14 bits per heavy atom. The Hall–Kier alpha value is -3.38. The van der Waals surface area contributed by atoms with Crippen LogP contribution in [0.4, 0.5) is 17.6 Å². The van der Waals surface area contributed by atoms with Crippen molar-refractivity contribution in [1.82, 2.24) is 24.4 Å². The summed E-state index contributed by atoms with van der Waals surface area (Å²) in [4.78, 5) is 31.3. The van der Waals surface area contributed by atoms with Crippen molar-refractivity contribution in [2.24, 2.45) is 11.8 Å². The van der Waals surface area contributed by atoms with Gasteiger partial charge in [-0.2, -0.15) is 18.3 Å². The highest BCUT2D eigenvalue weighted by Gasteiger charge is 2.51. The zero-order chi connectivity index (χ0) is 32.3. The van der Waals surface area contributed by atoms with Gasteiger partial charge in [0.15, 0.2) is 11.9 Å². The number of hydrogen-bond donors (Lipinski definition) is 1. The van der Waals surface area contributed by atoms with E-state index >= 15 is 0 Å². The second kappa shape index (κ2) is 13.5. The van der Waals surface area contributed by atoms with E-state index in [2.05, 4.69) is 28.8 Å². The number of carbonyl (C=O) groups is 2. The summed E-state index contributed by atoms with van der Waals surface area (Å²) in [5.74, 6) is -1.80. The number of nitrogens with zero attached hydrogens (tertiary/aromatic N) is 5. The number of hydrogen-bond acceptors (Lipinski definition) is 6. The van der Waals surface area contributed by atoms with Crippen LogP contribution in [0.15, 0.2) is 30.5 Å². The molecule has 1 aromatic carbocycles. The van der Waals surface area contributed by atoms with E-state index in [4.69, 9.17) is 5.11 Å². The first kappa shape index (κ1) is 34.1. The van der Waals surface area contributed by atoms with E-state index in [-0.39, 0.29) is 36.0 Å². The number of aliphatic hydroxyl groups excluding tert-OH is 1. The fraction of sp³-hybridized carbons (Fsp3) is 0.548. The first-order valence-corrected chi connectivity index (χ1v) is 14.2. The highest BCUT2D eigenvalue weighted by molar-refractivity contribution is 5.80. The lowest BCUT2D eigenvalue weighted by Gasteiger charge is -2.47. The van der Waals surface area contributed by atoms with Crippen molar-refractivity contribution in [3.63, 3.8) is 0 Å². The summed E-state index contributed by atoms with van der Waals surface area (Å²) in [5.41, 5.74) is 4.06. The second-order valence-corrected chi connectivity index (χ2v) is 12.1. The number of amides is 1. The maximum absolute atomic E-state index is 13.4. The molecule has 0 unspecified atom stereocenters. The molecule has 5 rings (SSSR count). The molecule has 2 fully saturated rings. The quantitative estimate of drug-likeness (QED) is 0.311. The van der Waals surface area contributed by atoms with Crippen LogP contribution in [0.25, 0.3) is 16.9 Å². The molecular weight excluding hydrogens is 566 g/mol. The number of fused-ring (bicyclic) bond motifs is 1. The van der Waals surface area contributed by atoms with Crippen molar-refractivity contribution in [2.45, 2.75) is 65.1 Å². The molecule has 1 amide bonds. The van der Waals surface area contributed by atoms with Crippen molar-refractivity contribution < 1.29 is 32.3 Å². The van der Waals surface area contributed by atoms with Crippen LogP contribution >= 0.6 is 0 Å². The largest absolute Gasteiger partial charge is 0.400 e. The van der Waals surface area contributed by atoms with Crippen LogP contribution in [0.3, 0.4) is 0 Å². The number of rotatable bonds is 4. The number of piperazine rings is 1. The molecule has 236 valence electrons. The number of imidazole rings is 1. The fourth-order valence-electron chi connectivity index (χ4n) is 5.22. The molecular formula is C31H41F4N5O3. The van der Waals surface area contributed by atoms with Gasteiger partial charge in [-0.1, -0.05) is 13.8 Å². The third kappa shape index (κ3) is 7.77. The van der Waals surface area contributed by atoms with Gasteiger partial charge >= 0.3 is 6.18 Å². The monoisotopic (exact) mass is 607 g/mol. The Kier molecular flexibility index (Phi) is 10.7. The molecule has 2 aliphatic rings. The number of aliphatic hydroxyl groups is 1. The van der Waals surface area contributed by atoms with Gasteiger partial charge in [-0.3, -0.25) is 14.5 Å². The number of aromatic nitrogens is 3. The van der Waals surface area contributed by atoms with Gasteiger partial charge in [0.1, 0.15) is 11.5 Å². The van der Waals surface area contributed by atoms with Gasteiger partial charge in [0.25, 0.3) is 0 Å². The Balaban J connectivity index is 0.000000225. The van der Waals surface area contributed by atoms with Crippen LogP contribution in [-0.2, 0) is 4.79 Å². The van der Waals surface area contributed by atoms with Gasteiger partial charge < -0.3 is 10.0 Å². The van der Waals surface area contributed by atoms with Gasteiger partial charge in [-0.25, -0.2) is 13.9 Å². The van der Waals surface area contributed by atoms with Crippen LogP contribution in [0, 0.1) is 24.6 Å². The predicted octanol–water partition coefficient (Wildman–Crippen LogP) is 5.52. The predicted molar refractivity (Wildman–Crippen MR) is 156 cm³/mol. The SMILES string of the molecule is CN1CCN(C(=O)C2CC(C(F)(F)F)C2)CC1(C)C.CO.Cc1cc(-c2cc(C(C)C)c3nc(C=O)cn3n2)ccc1F. The zero-order valence-corrected chi connectivity index (χ0v) is 25.7. The van der Waals surface area contributed by atoms with Gasteiger partial charge in [0, 0.05) is 49.3 Å². The van der Waals surface area contributed by atoms with Gasteiger partial charge in [-0.05, 0) is 76.4 Å². The number of aldehydes is 1. The summed E-state index contributed by atoms with van der Waals surface area (Å²) in [5, 5.41) is 11.5. The highest BCUT2D eigenvalue weighted by atomic mass is 19.4. The average Bonchev–Trinajstić information content (AvgIpc) is 3.34. The van der Waals surface area contributed by atoms with Gasteiger partial charge in [0.2, 0.25) is 5.91 Å². The molecule has 0 spiro atoms. The number of aryl methyl sites for hydroxylation is 1. The average molecular weight is 608 g/mol. The summed E-state index contributed by atoms with van der Waals surface area (Å²) < 4.78 is 52.3. The zero-order valence-electron chi connectivity index (χ0n) is 25.7. The molecule has 0 atom stereocenters. The molecule has 43 heavy (non-hydrogen) atoms. The smallest absolute Gasteiger partial charge is 0.391 e. The lowest BCUT2D eigenvalue weighted by Crippen LogP contribution is -2.60. The molecule has 1 saturated heterocycles. The van der Waals surface area contributed by atoms with E-state index in [9.17, 15) is 27.2 Å². The standard InChI is InChI=1S/C17H16FN3O.C13H21F3N2O.CH4O/c1-10(2)14-7-16(12-4-5-15(18)11(3)6-12)20-21-8-13(9-22)19-17(14)21;1-12(2)8-18(5-4-17(12)3)11(19)9-6-10(7-9)13(14,15)16;1-2/h4-10H,1-3H3;9-10H,4-8H2,1-3H3;2H,1H3. The molecule has 1 aliphatic heterocycles. The molecule has 1 aliphatic carbocycles. The number of carbonyl (C=O) groups excluding carboxylic acids is 2. The minimum atomic E-state index is -4.14. The van der Waals surface area contributed by atoms with Gasteiger partial charge in [0.05, 0.1) is 17.8 Å². The van der Waals surface area contributed by atoms with Crippen molar-refractivity contribution in [3.05, 3.63) is 53.1 Å². The van der Waals surface area contributed by atoms with Crippen LogP contribution < -0.4 is 0 Å². The highest BCUT2D eigenvalue weighted by Crippen LogP contribution is 2.45. The number of benzene rings is 1. The minimum Gasteiger partial charge on any atom is -0.400 e. The van der Waals surface area contributed by atoms with Crippen molar-refractivity contribution >= 4 is 17.8 Å². The molecule has 8 nitrogen and oxygen atoms in total. The fourth-order valence-corrected chi connectivity index (χ4v) is 5.22. The van der Waals surface area contributed by atoms with Crippen molar-refractivity contribution in [3.8, 4) is 11.3 Å². The maximum atomic E-state index is 13.4. The first-order valence-electron chi connectivity index (χ1n) is 14.2. The molecule has 3 heterocycles. The number of likely N-dealkylation sites (N-methyl/N-ethyl adjacent to an activating group) is 1. The van der Waals surface area contributed by atoms with Crippen LogP contribution in [0.2, 0.25) is 0 Å². The first-order chi connectivity index (χ1) is 20.1. The summed E-state index contributed by atoms with van der Waals surface area (Å²) in [6, 6.07) is 6.87. The maximum Gasteiger partial charge on any atom is 0.391 e. The third-order valence-corrected chi connectivity index (χ3v) is 8.25. The van der Waals surface area contributed by atoms with E-state index in [1.54, 1.807) is 34.7 Å². The minimum absolute atomic E-state index is 0.0326. The Bertz CT molecular complexity index is 1430. The molecule has 3 aromatic rings. The molecule has 0 radical (unpaired) electrons. The summed E-state index contributed by atoms with van der Waals surface area (Å²) in [6.45, 7) is 11.9. The Morgan fingerprint density at radius 3 is 2.33 bits per heavy atom. The van der Waals surface area contributed by atoms with E-state index in [0.29, 0.717) is 36.3 Å². The normalized spacial score (nSPS) is 20.1. The van der Waals surface area contributed by atoms with Crippen LogP contribution in [0.5, 0.6) is 0 Å². The van der Waals surface area contributed by atoms with E-state index < -0.39 is 18.0 Å². The van der Waals surface area contributed by atoms with E-state index in [0.717, 1.165) is 30.5 Å². The summed E-state index contributed by atoms with van der Waals surface area (Å²) in [7, 11) is 3.00. The van der Waals surface area contributed by atoms with Gasteiger partial charge in [-0.15, -0.1) is 0 Å². The van der Waals surface area contributed by atoms with Crippen molar-refractivity contribution in [1.29, 1.82) is 0 Å². The second-order valence-electron chi connectivity index (χ2n) is 12.1. The number of halogens is 4. The molecule has 1 N–H and O–H groups in total. The Morgan fingerprint density at radius 2 is 1.79 bits per heavy atom. The summed E-state index contributed by atoms with van der Waals surface area (Å²) in [6.07, 6.45) is -1.89. The third-order valence-electron chi connectivity index (χ3n) is 8.25. The van der Waals surface area contributed by atoms with Crippen LogP contribution in [-0.4, -0.2) is 87.2 Å². The lowest BCUT2D eigenvalue weighted by atomic mass is 9.73. The lowest BCUT2D eigenvalue weighted by molar-refractivity contribution is -0.207. The van der Waals surface area contributed by atoms with E-state index in [1.165, 1.54) is 6.07 Å². The van der Waals surface area contributed by atoms with Crippen molar-refractivity contribution in [2.75, 3.05) is 33.8 Å². The topological polar surface area (TPSA) is 91.0 Å². The van der Waals surface area contributed by atoms with E-state index in [1.807, 2.05) is 27.0 Å². The molecule has 2 aromatic heterocycles. The summed E-state index contributed by atoms with van der Waals surface area (Å²) >= 11 is 0.